The molecule has 0 bridgehead atoms. The highest BCUT2D eigenvalue weighted by molar-refractivity contribution is 7.99. The Morgan fingerprint density at radius 3 is 2.42 bits per heavy atom. The minimum Gasteiger partial charge on any atom is -0.480 e. The van der Waals surface area contributed by atoms with E-state index in [1.54, 1.807) is 11.8 Å². The number of carboxylic acid groups (broad SMARTS) is 1. The van der Waals surface area contributed by atoms with Gasteiger partial charge in [0.05, 0.1) is 5.69 Å². The normalized spacial score (nSPS) is 16.0. The lowest BCUT2D eigenvalue weighted by atomic mass is 9.92. The number of nitrogens with zero attached hydrogens (tertiary/aromatic N) is 2. The topological polar surface area (TPSA) is 101 Å². The quantitative estimate of drug-likeness (QED) is 0.836. The molecule has 1 amide bonds. The van der Waals surface area contributed by atoms with Gasteiger partial charge in [-0.1, -0.05) is 0 Å². The summed E-state index contributed by atoms with van der Waals surface area (Å²) in [6, 6.07) is 7.48. The van der Waals surface area contributed by atoms with E-state index in [0.717, 1.165) is 10.7 Å². The van der Waals surface area contributed by atoms with E-state index in [2.05, 4.69) is 10.4 Å². The van der Waals surface area contributed by atoms with Gasteiger partial charge in [0, 0.05) is 6.07 Å². The fourth-order valence-corrected chi connectivity index (χ4v) is 3.88. The van der Waals surface area contributed by atoms with Crippen LogP contribution < -0.4 is 10.9 Å². The van der Waals surface area contributed by atoms with E-state index in [9.17, 15) is 23.9 Å². The van der Waals surface area contributed by atoms with Crippen molar-refractivity contribution in [3.63, 3.8) is 0 Å². The largest absolute Gasteiger partial charge is 0.480 e. The Kier molecular flexibility index (Phi) is 5.08. The number of hydrogen-bond acceptors (Lipinski definition) is 5. The molecule has 0 spiro atoms. The van der Waals surface area contributed by atoms with Gasteiger partial charge in [0.15, 0.2) is 0 Å². The number of carboxylic acids is 1. The Morgan fingerprint density at radius 1 is 1.15 bits per heavy atom. The summed E-state index contributed by atoms with van der Waals surface area (Å²) in [5.74, 6) is -0.952. The van der Waals surface area contributed by atoms with Crippen LogP contribution >= 0.6 is 11.8 Å². The van der Waals surface area contributed by atoms with E-state index in [0.29, 0.717) is 30.0 Å². The number of rotatable bonds is 4. The minimum absolute atomic E-state index is 0.0900. The van der Waals surface area contributed by atoms with Crippen molar-refractivity contribution in [1.82, 2.24) is 15.1 Å². The molecule has 1 aromatic carbocycles. The van der Waals surface area contributed by atoms with E-state index >= 15 is 0 Å². The first-order chi connectivity index (χ1) is 12.4. The zero-order chi connectivity index (χ0) is 18.7. The van der Waals surface area contributed by atoms with Gasteiger partial charge in [-0.25, -0.2) is 9.18 Å². The summed E-state index contributed by atoms with van der Waals surface area (Å²) < 4.78 is 14.0. The van der Waals surface area contributed by atoms with Crippen molar-refractivity contribution in [1.29, 1.82) is 0 Å². The van der Waals surface area contributed by atoms with Gasteiger partial charge >= 0.3 is 5.97 Å². The molecule has 0 radical (unpaired) electrons. The van der Waals surface area contributed by atoms with Crippen molar-refractivity contribution in [2.45, 2.75) is 18.4 Å². The number of halogens is 1. The number of nitrogens with one attached hydrogen (secondary N) is 1. The summed E-state index contributed by atoms with van der Waals surface area (Å²) in [6.45, 7) is 0. The highest BCUT2D eigenvalue weighted by atomic mass is 32.2. The Bertz CT molecular complexity index is 892. The maximum Gasteiger partial charge on any atom is 0.329 e. The first-order valence-electron chi connectivity index (χ1n) is 7.91. The minimum atomic E-state index is -1.33. The molecule has 0 aliphatic carbocycles. The third kappa shape index (κ3) is 3.62. The SMILES string of the molecule is O=C(NC1(C(=O)O)CCSCC1)c1ccc(=O)n(-c2ccc(F)cc2)n1. The van der Waals surface area contributed by atoms with Crippen molar-refractivity contribution in [3.05, 3.63) is 58.3 Å². The molecule has 1 saturated heterocycles. The van der Waals surface area contributed by atoms with E-state index in [4.69, 9.17) is 0 Å². The summed E-state index contributed by atoms with van der Waals surface area (Å²) in [6.07, 6.45) is 0.632. The molecule has 1 fully saturated rings. The molecule has 0 atom stereocenters. The number of hydrogen-bond donors (Lipinski definition) is 2. The molecule has 1 aliphatic rings. The summed E-state index contributed by atoms with van der Waals surface area (Å²) in [7, 11) is 0. The number of aliphatic carboxylic acids is 1. The molecular weight excluding hydrogens is 361 g/mol. The number of thioether (sulfide) groups is 1. The number of aromatic nitrogens is 2. The van der Waals surface area contributed by atoms with Crippen LogP contribution in [0.3, 0.4) is 0 Å². The molecule has 1 aromatic heterocycles. The molecule has 2 heterocycles. The Balaban J connectivity index is 1.90. The number of carbonyl (C=O) groups excluding carboxylic acids is 1. The fraction of sp³-hybridized carbons (Fsp3) is 0.294. The van der Waals surface area contributed by atoms with E-state index in [1.165, 1.54) is 30.3 Å². The van der Waals surface area contributed by atoms with Gasteiger partial charge < -0.3 is 10.4 Å². The zero-order valence-corrected chi connectivity index (χ0v) is 14.5. The van der Waals surface area contributed by atoms with Crippen LogP contribution in [0.1, 0.15) is 23.3 Å². The van der Waals surface area contributed by atoms with Gasteiger partial charge in [-0.2, -0.15) is 21.5 Å². The third-order valence-electron chi connectivity index (χ3n) is 4.21. The predicted octanol–water partition coefficient (Wildman–Crippen LogP) is 1.45. The molecule has 0 saturated carbocycles. The molecule has 1 aliphatic heterocycles. The summed E-state index contributed by atoms with van der Waals surface area (Å²) in [4.78, 5) is 36.3. The summed E-state index contributed by atoms with van der Waals surface area (Å²) >= 11 is 1.63. The third-order valence-corrected chi connectivity index (χ3v) is 5.20. The predicted molar refractivity (Wildman–Crippen MR) is 94.2 cm³/mol. The molecule has 3 rings (SSSR count). The molecule has 0 unspecified atom stereocenters. The Labute approximate surface area is 152 Å². The van der Waals surface area contributed by atoms with Crippen LogP contribution in [0.25, 0.3) is 5.69 Å². The van der Waals surface area contributed by atoms with Gasteiger partial charge in [0.25, 0.3) is 11.5 Å². The second kappa shape index (κ2) is 7.28. The van der Waals surface area contributed by atoms with Crippen LogP contribution in [0.2, 0.25) is 0 Å². The van der Waals surface area contributed by atoms with Crippen molar-refractivity contribution < 1.29 is 19.1 Å². The van der Waals surface area contributed by atoms with E-state index in [1.807, 2.05) is 0 Å². The van der Waals surface area contributed by atoms with Crippen LogP contribution in [0.15, 0.2) is 41.2 Å². The van der Waals surface area contributed by atoms with Gasteiger partial charge in [0.2, 0.25) is 0 Å². The lowest BCUT2D eigenvalue weighted by Gasteiger charge is -2.33. The maximum atomic E-state index is 13.1. The molecule has 2 aromatic rings. The molecule has 2 N–H and O–H groups in total. The Morgan fingerprint density at radius 2 is 1.81 bits per heavy atom. The number of amides is 1. The van der Waals surface area contributed by atoms with Crippen molar-refractivity contribution in [3.8, 4) is 5.69 Å². The zero-order valence-electron chi connectivity index (χ0n) is 13.6. The lowest BCUT2D eigenvalue weighted by molar-refractivity contribution is -0.144. The first-order valence-corrected chi connectivity index (χ1v) is 9.07. The lowest BCUT2D eigenvalue weighted by Crippen LogP contribution is -2.56. The average Bonchev–Trinajstić information content (AvgIpc) is 2.63. The Hall–Kier alpha value is -2.68. The van der Waals surface area contributed by atoms with E-state index < -0.39 is 28.8 Å². The van der Waals surface area contributed by atoms with Gasteiger partial charge in [-0.3, -0.25) is 9.59 Å². The number of benzene rings is 1. The van der Waals surface area contributed by atoms with Crippen LogP contribution in [-0.2, 0) is 4.79 Å². The number of carbonyl (C=O) groups is 2. The van der Waals surface area contributed by atoms with Gasteiger partial charge in [-0.15, -0.1) is 0 Å². The molecule has 136 valence electrons. The highest BCUT2D eigenvalue weighted by Crippen LogP contribution is 2.27. The highest BCUT2D eigenvalue weighted by Gasteiger charge is 2.41. The fourth-order valence-electron chi connectivity index (χ4n) is 2.69. The van der Waals surface area contributed by atoms with Crippen LogP contribution in [0, 0.1) is 5.82 Å². The average molecular weight is 377 g/mol. The van der Waals surface area contributed by atoms with E-state index in [-0.39, 0.29) is 5.69 Å². The molecule has 9 heteroatoms. The van der Waals surface area contributed by atoms with Crippen molar-refractivity contribution in [2.24, 2.45) is 0 Å². The molecule has 7 nitrogen and oxygen atoms in total. The van der Waals surface area contributed by atoms with Gasteiger partial charge in [0.1, 0.15) is 17.1 Å². The second-order valence-electron chi connectivity index (χ2n) is 5.90. The first kappa shape index (κ1) is 18.1. The van der Waals surface area contributed by atoms with Crippen molar-refractivity contribution in [2.75, 3.05) is 11.5 Å². The summed E-state index contributed by atoms with van der Waals surface area (Å²) in [5.41, 5.74) is -1.61. The molecular formula is C17H16FN3O4S. The van der Waals surface area contributed by atoms with Crippen molar-refractivity contribution >= 4 is 23.6 Å². The smallest absolute Gasteiger partial charge is 0.329 e. The standard InChI is InChI=1S/C17H16FN3O4S/c18-11-1-3-12(4-2-11)21-14(22)6-5-13(20-21)15(23)19-17(16(24)25)7-9-26-10-8-17/h1-6H,7-10H2,(H,19,23)(H,24,25). The van der Waals surface area contributed by atoms with Crippen LogP contribution in [-0.4, -0.2) is 43.8 Å². The van der Waals surface area contributed by atoms with Crippen LogP contribution in [0.5, 0.6) is 0 Å². The monoisotopic (exact) mass is 377 g/mol. The van der Waals surface area contributed by atoms with Gasteiger partial charge in [-0.05, 0) is 54.7 Å². The second-order valence-corrected chi connectivity index (χ2v) is 7.12. The summed E-state index contributed by atoms with van der Waals surface area (Å²) in [5, 5.41) is 16.1. The molecule has 26 heavy (non-hydrogen) atoms. The maximum absolute atomic E-state index is 13.1. The van der Waals surface area contributed by atoms with Crippen LogP contribution in [0.4, 0.5) is 4.39 Å².